The Morgan fingerprint density at radius 1 is 1.42 bits per heavy atom. The number of carbonyl (C=O) groups excluding carboxylic acids is 2. The van der Waals surface area contributed by atoms with E-state index in [1.54, 1.807) is 11.8 Å². The Hall–Kier alpha value is -1.10. The fraction of sp³-hybridized carbons (Fsp3) is 0.857. The number of aliphatic hydroxyl groups excluding tert-OH is 1. The van der Waals surface area contributed by atoms with Crippen LogP contribution in [-0.4, -0.2) is 47.7 Å². The second kappa shape index (κ2) is 6.89. The second-order valence-electron chi connectivity index (χ2n) is 5.77. The highest BCUT2D eigenvalue weighted by atomic mass is 16.5. The third-order valence-corrected chi connectivity index (χ3v) is 3.50. The zero-order chi connectivity index (χ0) is 14.5. The van der Waals surface area contributed by atoms with E-state index in [1.807, 2.05) is 13.8 Å². The quantitative estimate of drug-likeness (QED) is 0.560. The Kier molecular flexibility index (Phi) is 5.79. The minimum absolute atomic E-state index is 0.156. The van der Waals surface area contributed by atoms with E-state index in [2.05, 4.69) is 0 Å². The van der Waals surface area contributed by atoms with Gasteiger partial charge in [0.2, 0.25) is 0 Å². The smallest absolute Gasteiger partial charge is 0.305 e. The molecule has 1 atom stereocenters. The number of nitrogens with zero attached hydrogens (tertiary/aromatic N) is 1. The van der Waals surface area contributed by atoms with Gasteiger partial charge in [-0.05, 0) is 19.8 Å². The molecule has 1 fully saturated rings. The minimum Gasteiger partial charge on any atom is -0.466 e. The zero-order valence-electron chi connectivity index (χ0n) is 12.1. The van der Waals surface area contributed by atoms with Crippen LogP contribution in [0.2, 0.25) is 0 Å². The van der Waals surface area contributed by atoms with Crippen LogP contribution in [0.25, 0.3) is 0 Å². The predicted octanol–water partition coefficient (Wildman–Crippen LogP) is 1.34. The average Bonchev–Trinajstić information content (AvgIpc) is 2.53. The lowest BCUT2D eigenvalue weighted by molar-refractivity contribution is -0.143. The number of hydrogen-bond donors (Lipinski definition) is 1. The molecule has 0 bridgehead atoms. The van der Waals surface area contributed by atoms with Gasteiger partial charge in [-0.2, -0.15) is 0 Å². The van der Waals surface area contributed by atoms with Gasteiger partial charge in [-0.25, -0.2) is 0 Å². The van der Waals surface area contributed by atoms with E-state index in [-0.39, 0.29) is 17.3 Å². The van der Waals surface area contributed by atoms with Gasteiger partial charge < -0.3 is 14.7 Å². The lowest BCUT2D eigenvalue weighted by Gasteiger charge is -2.19. The van der Waals surface area contributed by atoms with Crippen LogP contribution in [0.3, 0.4) is 0 Å². The van der Waals surface area contributed by atoms with Crippen molar-refractivity contribution in [1.29, 1.82) is 0 Å². The van der Waals surface area contributed by atoms with Crippen LogP contribution in [0.15, 0.2) is 0 Å². The molecule has 1 unspecified atom stereocenters. The van der Waals surface area contributed by atoms with Gasteiger partial charge in [0.15, 0.2) is 0 Å². The molecule has 0 aromatic rings. The van der Waals surface area contributed by atoms with Gasteiger partial charge in [0, 0.05) is 24.9 Å². The van der Waals surface area contributed by atoms with Gasteiger partial charge in [0.1, 0.15) is 6.10 Å². The molecule has 5 heteroatoms. The first-order valence-corrected chi connectivity index (χ1v) is 7.01. The number of amides is 1. The van der Waals surface area contributed by atoms with Crippen LogP contribution in [0.1, 0.15) is 46.5 Å². The van der Waals surface area contributed by atoms with Crippen LogP contribution < -0.4 is 0 Å². The van der Waals surface area contributed by atoms with Crippen molar-refractivity contribution in [2.24, 2.45) is 5.41 Å². The fourth-order valence-corrected chi connectivity index (χ4v) is 2.33. The van der Waals surface area contributed by atoms with Crippen LogP contribution in [0.5, 0.6) is 0 Å². The topological polar surface area (TPSA) is 66.8 Å². The van der Waals surface area contributed by atoms with Gasteiger partial charge in [0.25, 0.3) is 5.91 Å². The van der Waals surface area contributed by atoms with Crippen LogP contribution in [0.4, 0.5) is 0 Å². The SMILES string of the molecule is CCOC(=O)CCCCCN1CC(C)(C)C(O)C1=O. The maximum atomic E-state index is 11.8. The van der Waals surface area contributed by atoms with Crippen LogP contribution in [0, 0.1) is 5.41 Å². The maximum Gasteiger partial charge on any atom is 0.305 e. The van der Waals surface area contributed by atoms with E-state index < -0.39 is 6.10 Å². The summed E-state index contributed by atoms with van der Waals surface area (Å²) in [6.45, 7) is 7.28. The van der Waals surface area contributed by atoms with E-state index >= 15 is 0 Å². The summed E-state index contributed by atoms with van der Waals surface area (Å²) in [5, 5.41) is 9.78. The summed E-state index contributed by atoms with van der Waals surface area (Å²) in [6.07, 6.45) is 2.09. The van der Waals surface area contributed by atoms with Crippen molar-refractivity contribution in [2.75, 3.05) is 19.7 Å². The molecule has 1 saturated heterocycles. The number of rotatable bonds is 7. The third kappa shape index (κ3) is 4.49. The maximum absolute atomic E-state index is 11.8. The van der Waals surface area contributed by atoms with Crippen molar-refractivity contribution in [3.63, 3.8) is 0 Å². The summed E-state index contributed by atoms with van der Waals surface area (Å²) in [6, 6.07) is 0. The lowest BCUT2D eigenvalue weighted by Crippen LogP contribution is -2.31. The van der Waals surface area contributed by atoms with Crippen molar-refractivity contribution < 1.29 is 19.4 Å². The molecule has 1 amide bonds. The molecule has 1 rings (SSSR count). The van der Waals surface area contributed by atoms with Crippen molar-refractivity contribution in [3.8, 4) is 0 Å². The molecular formula is C14H25NO4. The molecule has 0 aromatic carbocycles. The molecule has 19 heavy (non-hydrogen) atoms. The van der Waals surface area contributed by atoms with E-state index in [4.69, 9.17) is 4.74 Å². The Morgan fingerprint density at radius 2 is 2.11 bits per heavy atom. The Morgan fingerprint density at radius 3 is 2.63 bits per heavy atom. The standard InChI is InChI=1S/C14H25NO4/c1-4-19-11(16)8-6-5-7-9-15-10-14(2,3)12(17)13(15)18/h12,17H,4-10H2,1-3H3. The number of aliphatic hydroxyl groups is 1. The van der Waals surface area contributed by atoms with Crippen LogP contribution >= 0.6 is 0 Å². The summed E-state index contributed by atoms with van der Waals surface area (Å²) >= 11 is 0. The van der Waals surface area contributed by atoms with E-state index in [0.717, 1.165) is 19.3 Å². The summed E-state index contributed by atoms with van der Waals surface area (Å²) in [5.41, 5.74) is -0.359. The largest absolute Gasteiger partial charge is 0.466 e. The monoisotopic (exact) mass is 271 g/mol. The molecule has 1 heterocycles. The summed E-state index contributed by atoms with van der Waals surface area (Å²) in [7, 11) is 0. The molecule has 0 aliphatic carbocycles. The molecule has 0 radical (unpaired) electrons. The van der Waals surface area contributed by atoms with Crippen molar-refractivity contribution in [2.45, 2.75) is 52.6 Å². The van der Waals surface area contributed by atoms with Crippen LogP contribution in [-0.2, 0) is 14.3 Å². The first kappa shape index (κ1) is 16.0. The third-order valence-electron chi connectivity index (χ3n) is 3.50. The normalized spacial score (nSPS) is 21.8. The highest BCUT2D eigenvalue weighted by Gasteiger charge is 2.44. The summed E-state index contributed by atoms with van der Waals surface area (Å²) in [5.74, 6) is -0.327. The first-order valence-electron chi connectivity index (χ1n) is 7.01. The van der Waals surface area contributed by atoms with Gasteiger partial charge >= 0.3 is 5.97 Å². The van der Waals surface area contributed by atoms with Gasteiger partial charge in [-0.3, -0.25) is 9.59 Å². The highest BCUT2D eigenvalue weighted by Crippen LogP contribution is 2.30. The van der Waals surface area contributed by atoms with E-state index in [9.17, 15) is 14.7 Å². The molecule has 0 spiro atoms. The molecule has 1 aliphatic heterocycles. The van der Waals surface area contributed by atoms with E-state index in [0.29, 0.717) is 26.1 Å². The lowest BCUT2D eigenvalue weighted by atomic mass is 9.90. The van der Waals surface area contributed by atoms with Crippen molar-refractivity contribution in [1.82, 2.24) is 4.90 Å². The zero-order valence-corrected chi connectivity index (χ0v) is 12.1. The van der Waals surface area contributed by atoms with E-state index in [1.165, 1.54) is 0 Å². The fourth-order valence-electron chi connectivity index (χ4n) is 2.33. The van der Waals surface area contributed by atoms with Crippen molar-refractivity contribution in [3.05, 3.63) is 0 Å². The Bertz CT molecular complexity index is 327. The highest BCUT2D eigenvalue weighted by molar-refractivity contribution is 5.84. The molecular weight excluding hydrogens is 246 g/mol. The van der Waals surface area contributed by atoms with Crippen molar-refractivity contribution >= 4 is 11.9 Å². The Balaban J connectivity index is 2.17. The van der Waals surface area contributed by atoms with Gasteiger partial charge in [0.05, 0.1) is 6.61 Å². The number of carbonyl (C=O) groups is 2. The minimum atomic E-state index is -0.882. The number of hydrogen-bond acceptors (Lipinski definition) is 4. The number of esters is 1. The molecule has 110 valence electrons. The molecule has 1 N–H and O–H groups in total. The Labute approximate surface area is 114 Å². The molecule has 5 nitrogen and oxygen atoms in total. The summed E-state index contributed by atoms with van der Waals surface area (Å²) in [4.78, 5) is 24.6. The number of likely N-dealkylation sites (tertiary alicyclic amines) is 1. The molecule has 0 aromatic heterocycles. The van der Waals surface area contributed by atoms with Gasteiger partial charge in [-0.15, -0.1) is 0 Å². The molecule has 0 saturated carbocycles. The molecule has 1 aliphatic rings. The first-order chi connectivity index (χ1) is 8.88. The number of ether oxygens (including phenoxy) is 1. The van der Waals surface area contributed by atoms with Gasteiger partial charge in [-0.1, -0.05) is 20.3 Å². The number of unbranched alkanes of at least 4 members (excludes halogenated alkanes) is 2. The average molecular weight is 271 g/mol. The second-order valence-corrected chi connectivity index (χ2v) is 5.77. The summed E-state index contributed by atoms with van der Waals surface area (Å²) < 4.78 is 4.84. The predicted molar refractivity (Wildman–Crippen MR) is 71.5 cm³/mol.